The molecule has 0 aromatic rings. The summed E-state index contributed by atoms with van der Waals surface area (Å²) in [5, 5.41) is 8.44. The summed E-state index contributed by atoms with van der Waals surface area (Å²) in [6.45, 7) is 4.80. The molecule has 1 N–H and O–H groups in total. The van der Waals surface area contributed by atoms with Crippen LogP contribution < -0.4 is 0 Å². The lowest BCUT2D eigenvalue weighted by Gasteiger charge is -2.05. The fourth-order valence-electron chi connectivity index (χ4n) is 1.18. The van der Waals surface area contributed by atoms with Crippen LogP contribution in [0.5, 0.6) is 0 Å². The van der Waals surface area contributed by atoms with Gasteiger partial charge in [0, 0.05) is 0 Å². The predicted molar refractivity (Wildman–Crippen MR) is 56.0 cm³/mol. The van der Waals surface area contributed by atoms with E-state index in [1.165, 1.54) is 12.8 Å². The molecule has 0 aliphatic heterocycles. The van der Waals surface area contributed by atoms with Gasteiger partial charge in [-0.25, -0.2) is 0 Å². The fourth-order valence-corrected chi connectivity index (χ4v) is 1.18. The quantitative estimate of drug-likeness (QED) is 0.484. The molecule has 0 spiro atoms. The number of aliphatic hydroxyl groups is 1. The summed E-state index contributed by atoms with van der Waals surface area (Å²) in [6, 6.07) is 0. The number of hydrogen-bond acceptors (Lipinski definition) is 3. The van der Waals surface area contributed by atoms with Gasteiger partial charge in [0.15, 0.2) is 0 Å². The molecule has 0 rings (SSSR count). The monoisotopic (exact) mass is 202 g/mol. The van der Waals surface area contributed by atoms with E-state index < -0.39 is 0 Å². The standard InChI is InChI=1S/C11H22O3/c1-10(2)6-4-3-5-9-14-11(13)7-8-12/h10,12H,3-9H2,1-2H3. The summed E-state index contributed by atoms with van der Waals surface area (Å²) in [4.78, 5) is 10.8. The van der Waals surface area contributed by atoms with Gasteiger partial charge in [-0.2, -0.15) is 0 Å². The van der Waals surface area contributed by atoms with Gasteiger partial charge < -0.3 is 9.84 Å². The minimum absolute atomic E-state index is 0.117. The highest BCUT2D eigenvalue weighted by molar-refractivity contribution is 5.69. The van der Waals surface area contributed by atoms with Crippen LogP contribution in [-0.2, 0) is 9.53 Å². The number of unbranched alkanes of at least 4 members (excludes halogenated alkanes) is 2. The molecule has 0 saturated carbocycles. The van der Waals surface area contributed by atoms with E-state index >= 15 is 0 Å². The van der Waals surface area contributed by atoms with E-state index in [1.54, 1.807) is 0 Å². The van der Waals surface area contributed by atoms with Gasteiger partial charge in [-0.3, -0.25) is 4.79 Å². The van der Waals surface area contributed by atoms with Crippen molar-refractivity contribution >= 4 is 5.97 Å². The molecule has 0 bridgehead atoms. The Balaban J connectivity index is 3.09. The molecule has 0 saturated heterocycles. The first-order chi connectivity index (χ1) is 6.66. The number of rotatable bonds is 8. The van der Waals surface area contributed by atoms with E-state index in [2.05, 4.69) is 13.8 Å². The molecule has 0 radical (unpaired) electrons. The Morgan fingerprint density at radius 3 is 2.57 bits per heavy atom. The van der Waals surface area contributed by atoms with Crippen LogP contribution in [0.3, 0.4) is 0 Å². The van der Waals surface area contributed by atoms with Crippen LogP contribution in [0.2, 0.25) is 0 Å². The summed E-state index contributed by atoms with van der Waals surface area (Å²) in [5.41, 5.74) is 0. The first kappa shape index (κ1) is 13.4. The highest BCUT2D eigenvalue weighted by atomic mass is 16.5. The van der Waals surface area contributed by atoms with Crippen LogP contribution in [0, 0.1) is 5.92 Å². The van der Waals surface area contributed by atoms with Crippen molar-refractivity contribution in [2.75, 3.05) is 13.2 Å². The molecule has 0 heterocycles. The van der Waals surface area contributed by atoms with E-state index in [0.717, 1.165) is 18.8 Å². The van der Waals surface area contributed by atoms with Gasteiger partial charge in [0.05, 0.1) is 19.6 Å². The maximum absolute atomic E-state index is 10.8. The first-order valence-electron chi connectivity index (χ1n) is 5.43. The Morgan fingerprint density at radius 2 is 2.00 bits per heavy atom. The highest BCUT2D eigenvalue weighted by Gasteiger charge is 2.00. The topological polar surface area (TPSA) is 46.5 Å². The Labute approximate surface area is 86.5 Å². The van der Waals surface area contributed by atoms with Crippen LogP contribution in [0.1, 0.15) is 46.0 Å². The molecule has 0 fully saturated rings. The Kier molecular flexibility index (Phi) is 8.64. The van der Waals surface area contributed by atoms with Crippen molar-refractivity contribution in [3.63, 3.8) is 0 Å². The second-order valence-corrected chi connectivity index (χ2v) is 3.94. The smallest absolute Gasteiger partial charge is 0.308 e. The molecular formula is C11H22O3. The van der Waals surface area contributed by atoms with Crippen LogP contribution >= 0.6 is 0 Å². The molecular weight excluding hydrogens is 180 g/mol. The van der Waals surface area contributed by atoms with Crippen molar-refractivity contribution in [3.05, 3.63) is 0 Å². The molecule has 0 aliphatic carbocycles. The Bertz CT molecular complexity index is 143. The number of aliphatic hydroxyl groups excluding tert-OH is 1. The van der Waals surface area contributed by atoms with E-state index in [-0.39, 0.29) is 19.0 Å². The maximum Gasteiger partial charge on any atom is 0.308 e. The van der Waals surface area contributed by atoms with Crippen molar-refractivity contribution in [1.29, 1.82) is 0 Å². The van der Waals surface area contributed by atoms with Gasteiger partial charge in [0.2, 0.25) is 0 Å². The lowest BCUT2D eigenvalue weighted by Crippen LogP contribution is -2.07. The molecule has 84 valence electrons. The molecule has 3 nitrogen and oxygen atoms in total. The fraction of sp³-hybridized carbons (Fsp3) is 0.909. The molecule has 0 aliphatic rings. The number of carbonyl (C=O) groups is 1. The summed E-state index contributed by atoms with van der Waals surface area (Å²) in [5.74, 6) is 0.461. The second kappa shape index (κ2) is 9.00. The number of hydrogen-bond donors (Lipinski definition) is 1. The Hall–Kier alpha value is -0.570. The minimum Gasteiger partial charge on any atom is -0.466 e. The number of esters is 1. The highest BCUT2D eigenvalue weighted by Crippen LogP contribution is 2.07. The molecule has 3 heteroatoms. The molecule has 0 aromatic carbocycles. The Morgan fingerprint density at radius 1 is 1.29 bits per heavy atom. The van der Waals surface area contributed by atoms with E-state index in [1.807, 2.05) is 0 Å². The van der Waals surface area contributed by atoms with Gasteiger partial charge in [-0.1, -0.05) is 33.1 Å². The zero-order valence-electron chi connectivity index (χ0n) is 9.29. The van der Waals surface area contributed by atoms with Gasteiger partial charge in [-0.05, 0) is 12.3 Å². The molecule has 0 unspecified atom stereocenters. The lowest BCUT2D eigenvalue weighted by atomic mass is 10.1. The van der Waals surface area contributed by atoms with Crippen LogP contribution in [0.15, 0.2) is 0 Å². The summed E-state index contributed by atoms with van der Waals surface area (Å²) >= 11 is 0. The van der Waals surface area contributed by atoms with Gasteiger partial charge in [0.25, 0.3) is 0 Å². The first-order valence-corrected chi connectivity index (χ1v) is 5.43. The molecule has 14 heavy (non-hydrogen) atoms. The predicted octanol–water partition coefficient (Wildman–Crippen LogP) is 2.13. The second-order valence-electron chi connectivity index (χ2n) is 3.94. The van der Waals surface area contributed by atoms with Crippen molar-refractivity contribution in [2.45, 2.75) is 46.0 Å². The van der Waals surface area contributed by atoms with Gasteiger partial charge in [-0.15, -0.1) is 0 Å². The molecule has 0 aromatic heterocycles. The third-order valence-corrected chi connectivity index (χ3v) is 2.00. The van der Waals surface area contributed by atoms with Crippen molar-refractivity contribution < 1.29 is 14.6 Å². The van der Waals surface area contributed by atoms with E-state index in [9.17, 15) is 4.79 Å². The van der Waals surface area contributed by atoms with Crippen LogP contribution in [-0.4, -0.2) is 24.3 Å². The maximum atomic E-state index is 10.8. The third kappa shape index (κ3) is 9.52. The van der Waals surface area contributed by atoms with Crippen molar-refractivity contribution in [3.8, 4) is 0 Å². The summed E-state index contributed by atoms with van der Waals surface area (Å²) in [7, 11) is 0. The van der Waals surface area contributed by atoms with Crippen molar-refractivity contribution in [1.82, 2.24) is 0 Å². The third-order valence-electron chi connectivity index (χ3n) is 2.00. The minimum atomic E-state index is -0.295. The number of carbonyl (C=O) groups excluding carboxylic acids is 1. The SMILES string of the molecule is CC(C)CCCCCOC(=O)CCO. The van der Waals surface area contributed by atoms with Crippen molar-refractivity contribution in [2.24, 2.45) is 5.92 Å². The summed E-state index contributed by atoms with van der Waals surface area (Å²) < 4.78 is 4.89. The van der Waals surface area contributed by atoms with E-state index in [4.69, 9.17) is 9.84 Å². The average molecular weight is 202 g/mol. The largest absolute Gasteiger partial charge is 0.466 e. The molecule has 0 amide bonds. The normalized spacial score (nSPS) is 10.6. The molecule has 0 atom stereocenters. The van der Waals surface area contributed by atoms with Gasteiger partial charge in [0.1, 0.15) is 0 Å². The summed E-state index contributed by atoms with van der Waals surface area (Å²) in [6.07, 6.45) is 4.61. The van der Waals surface area contributed by atoms with Crippen LogP contribution in [0.4, 0.5) is 0 Å². The van der Waals surface area contributed by atoms with Gasteiger partial charge >= 0.3 is 5.97 Å². The average Bonchev–Trinajstić information content (AvgIpc) is 2.11. The van der Waals surface area contributed by atoms with Crippen LogP contribution in [0.25, 0.3) is 0 Å². The number of ether oxygens (including phenoxy) is 1. The van der Waals surface area contributed by atoms with E-state index in [0.29, 0.717) is 6.61 Å². The zero-order chi connectivity index (χ0) is 10.8. The zero-order valence-corrected chi connectivity index (χ0v) is 9.29. The lowest BCUT2D eigenvalue weighted by molar-refractivity contribution is -0.144.